The van der Waals surface area contributed by atoms with Crippen molar-refractivity contribution in [3.8, 4) is 11.5 Å². The third-order valence-electron chi connectivity index (χ3n) is 4.11. The Kier molecular flexibility index (Phi) is 7.16. The molecule has 0 saturated carbocycles. The summed E-state index contributed by atoms with van der Waals surface area (Å²) in [7, 11) is 0.107. The number of nitrogens with zero attached hydrogens (tertiary/aromatic N) is 1. The predicted molar refractivity (Wildman–Crippen MR) is 100 cm³/mol. The number of hydrogen-bond donors (Lipinski definition) is 3. The van der Waals surface area contributed by atoms with Crippen molar-refractivity contribution in [3.05, 3.63) is 52.6 Å². The fourth-order valence-electron chi connectivity index (χ4n) is 2.81. The third kappa shape index (κ3) is 4.62. The molecule has 0 aliphatic carbocycles. The molecule has 0 aliphatic rings. The SMILES string of the molecule is COc1cc(C)c(S(=O)N(CCO)Cc2ccc(CO)c(O)c2)c(C)c1. The van der Waals surface area contributed by atoms with E-state index >= 15 is 0 Å². The van der Waals surface area contributed by atoms with Gasteiger partial charge in [-0.05, 0) is 48.7 Å². The third-order valence-corrected chi connectivity index (χ3v) is 5.88. The second kappa shape index (κ2) is 9.14. The molecule has 142 valence electrons. The fourth-order valence-corrected chi connectivity index (χ4v) is 4.25. The molecular weight excluding hydrogens is 354 g/mol. The van der Waals surface area contributed by atoms with Crippen LogP contribution in [0.4, 0.5) is 0 Å². The minimum atomic E-state index is -1.48. The molecule has 0 amide bonds. The van der Waals surface area contributed by atoms with Crippen LogP contribution in [0.15, 0.2) is 35.2 Å². The Morgan fingerprint density at radius 2 is 1.77 bits per heavy atom. The maximum Gasteiger partial charge on any atom is 0.128 e. The number of benzene rings is 2. The van der Waals surface area contributed by atoms with E-state index in [1.165, 1.54) is 0 Å². The van der Waals surface area contributed by atoms with Crippen LogP contribution in [0.5, 0.6) is 11.5 Å². The number of aliphatic hydroxyl groups excluding tert-OH is 2. The van der Waals surface area contributed by atoms with Crippen molar-refractivity contribution in [1.82, 2.24) is 4.31 Å². The molecule has 1 atom stereocenters. The largest absolute Gasteiger partial charge is 0.508 e. The molecule has 3 N–H and O–H groups in total. The standard InChI is InChI=1S/C19H25NO5S/c1-13-8-17(25-3)9-14(2)19(13)26(24)20(6-7-21)11-15-4-5-16(12-22)18(23)10-15/h4-5,8-10,21-23H,6-7,11-12H2,1-3H3. The Morgan fingerprint density at radius 3 is 2.27 bits per heavy atom. The van der Waals surface area contributed by atoms with E-state index in [-0.39, 0.29) is 32.1 Å². The van der Waals surface area contributed by atoms with Crippen LogP contribution in [0.3, 0.4) is 0 Å². The van der Waals surface area contributed by atoms with Crippen LogP contribution in [-0.2, 0) is 24.1 Å². The van der Waals surface area contributed by atoms with Crippen molar-refractivity contribution in [3.63, 3.8) is 0 Å². The smallest absolute Gasteiger partial charge is 0.128 e. The number of aromatic hydroxyl groups is 1. The molecule has 6 nitrogen and oxygen atoms in total. The molecule has 0 radical (unpaired) electrons. The molecule has 0 aromatic heterocycles. The molecule has 26 heavy (non-hydrogen) atoms. The lowest BCUT2D eigenvalue weighted by Gasteiger charge is -2.23. The molecule has 0 heterocycles. The van der Waals surface area contributed by atoms with Crippen molar-refractivity contribution >= 4 is 11.0 Å². The maximum absolute atomic E-state index is 13.2. The normalized spacial score (nSPS) is 12.4. The number of methoxy groups -OCH3 is 1. The molecule has 2 aromatic carbocycles. The van der Waals surface area contributed by atoms with Crippen LogP contribution in [0.2, 0.25) is 0 Å². The molecule has 0 bridgehead atoms. The van der Waals surface area contributed by atoms with E-state index < -0.39 is 11.0 Å². The summed E-state index contributed by atoms with van der Waals surface area (Å²) >= 11 is 0. The highest BCUT2D eigenvalue weighted by Crippen LogP contribution is 2.27. The van der Waals surface area contributed by atoms with E-state index in [9.17, 15) is 14.4 Å². The Bertz CT molecular complexity index is 770. The number of rotatable bonds is 8. The zero-order valence-electron chi connectivity index (χ0n) is 15.2. The summed E-state index contributed by atoms with van der Waals surface area (Å²) in [6.45, 7) is 3.88. The van der Waals surface area contributed by atoms with Crippen molar-refractivity contribution < 1.29 is 24.3 Å². The van der Waals surface area contributed by atoms with Crippen LogP contribution in [0.25, 0.3) is 0 Å². The Labute approximate surface area is 156 Å². The topological polar surface area (TPSA) is 90.2 Å². The van der Waals surface area contributed by atoms with Crippen molar-refractivity contribution in [2.75, 3.05) is 20.3 Å². The highest BCUT2D eigenvalue weighted by Gasteiger charge is 2.20. The quantitative estimate of drug-likeness (QED) is 0.653. The van der Waals surface area contributed by atoms with E-state index in [4.69, 9.17) is 9.84 Å². The van der Waals surface area contributed by atoms with E-state index in [0.29, 0.717) is 16.2 Å². The lowest BCUT2D eigenvalue weighted by atomic mass is 10.1. The molecule has 0 saturated heterocycles. The average molecular weight is 379 g/mol. The second-order valence-corrected chi connectivity index (χ2v) is 7.47. The van der Waals surface area contributed by atoms with Gasteiger partial charge in [0.2, 0.25) is 0 Å². The van der Waals surface area contributed by atoms with Gasteiger partial charge >= 0.3 is 0 Å². The Morgan fingerprint density at radius 1 is 1.12 bits per heavy atom. The molecule has 2 rings (SSSR count). The minimum absolute atomic E-state index is 0.00320. The highest BCUT2D eigenvalue weighted by atomic mass is 32.2. The lowest BCUT2D eigenvalue weighted by molar-refractivity contribution is 0.255. The summed E-state index contributed by atoms with van der Waals surface area (Å²) in [5.41, 5.74) is 2.87. The number of aryl methyl sites for hydroxylation is 2. The van der Waals surface area contributed by atoms with Crippen LogP contribution >= 0.6 is 0 Å². The summed E-state index contributed by atoms with van der Waals surface area (Å²) in [5, 5.41) is 28.5. The fraction of sp³-hybridized carbons (Fsp3) is 0.368. The monoisotopic (exact) mass is 379 g/mol. The lowest BCUT2D eigenvalue weighted by Crippen LogP contribution is -2.29. The first-order valence-corrected chi connectivity index (χ1v) is 9.36. The van der Waals surface area contributed by atoms with Gasteiger partial charge in [0.25, 0.3) is 0 Å². The second-order valence-electron chi connectivity index (χ2n) is 6.05. The van der Waals surface area contributed by atoms with Gasteiger partial charge in [0.15, 0.2) is 0 Å². The molecule has 2 aromatic rings. The number of ether oxygens (including phenoxy) is 1. The number of aliphatic hydroxyl groups is 2. The zero-order valence-corrected chi connectivity index (χ0v) is 16.0. The molecule has 0 aliphatic heterocycles. The zero-order chi connectivity index (χ0) is 19.3. The van der Waals surface area contributed by atoms with E-state index in [1.54, 1.807) is 29.6 Å². The Hall–Kier alpha value is -1.93. The summed E-state index contributed by atoms with van der Waals surface area (Å²) in [5.74, 6) is 0.704. The van der Waals surface area contributed by atoms with Gasteiger partial charge in [-0.1, -0.05) is 12.1 Å². The van der Waals surface area contributed by atoms with Crippen LogP contribution in [0, 0.1) is 13.8 Å². The van der Waals surface area contributed by atoms with Gasteiger partial charge in [0.05, 0.1) is 25.2 Å². The van der Waals surface area contributed by atoms with E-state index in [0.717, 1.165) is 16.7 Å². The van der Waals surface area contributed by atoms with Crippen molar-refractivity contribution in [2.45, 2.75) is 31.9 Å². The van der Waals surface area contributed by atoms with Gasteiger partial charge in [-0.2, -0.15) is 0 Å². The Balaban J connectivity index is 2.32. The van der Waals surface area contributed by atoms with Crippen LogP contribution in [0.1, 0.15) is 22.3 Å². The molecule has 0 fully saturated rings. The van der Waals surface area contributed by atoms with E-state index in [2.05, 4.69) is 0 Å². The van der Waals surface area contributed by atoms with Gasteiger partial charge < -0.3 is 20.1 Å². The summed E-state index contributed by atoms with van der Waals surface area (Å²) < 4.78 is 20.1. The first-order chi connectivity index (χ1) is 12.4. The van der Waals surface area contributed by atoms with Gasteiger partial charge in [-0.25, -0.2) is 8.51 Å². The van der Waals surface area contributed by atoms with E-state index in [1.807, 2.05) is 26.0 Å². The molecule has 7 heteroatoms. The summed E-state index contributed by atoms with van der Waals surface area (Å²) in [4.78, 5) is 0.690. The summed E-state index contributed by atoms with van der Waals surface area (Å²) in [6, 6.07) is 8.61. The maximum atomic E-state index is 13.2. The van der Waals surface area contributed by atoms with Gasteiger partial charge in [-0.3, -0.25) is 0 Å². The molecule has 0 spiro atoms. The van der Waals surface area contributed by atoms with Gasteiger partial charge in [0, 0.05) is 18.7 Å². The number of phenols is 1. The number of hydrogen-bond acceptors (Lipinski definition) is 5. The van der Waals surface area contributed by atoms with Crippen molar-refractivity contribution in [2.24, 2.45) is 0 Å². The average Bonchev–Trinajstić information content (AvgIpc) is 2.60. The summed E-state index contributed by atoms with van der Waals surface area (Å²) in [6.07, 6.45) is 0. The predicted octanol–water partition coefficient (Wildman–Crippen LogP) is 2.03. The van der Waals surface area contributed by atoms with Crippen LogP contribution < -0.4 is 4.74 Å². The van der Waals surface area contributed by atoms with Gasteiger partial charge in [-0.15, -0.1) is 0 Å². The minimum Gasteiger partial charge on any atom is -0.508 e. The first kappa shape index (κ1) is 20.4. The van der Waals surface area contributed by atoms with Gasteiger partial charge in [0.1, 0.15) is 22.5 Å². The van der Waals surface area contributed by atoms with Crippen molar-refractivity contribution in [1.29, 1.82) is 0 Å². The first-order valence-electron chi connectivity index (χ1n) is 8.25. The highest BCUT2D eigenvalue weighted by molar-refractivity contribution is 7.82. The molecule has 1 unspecified atom stereocenters. The molecular formula is C19H25NO5S. The van der Waals surface area contributed by atoms with Crippen LogP contribution in [-0.4, -0.2) is 44.1 Å².